The van der Waals surface area contributed by atoms with Gasteiger partial charge in [0.15, 0.2) is 0 Å². The van der Waals surface area contributed by atoms with Crippen LogP contribution in [0.25, 0.3) is 0 Å². The number of hydrogen-bond donors (Lipinski definition) is 2. The Bertz CT molecular complexity index is 378. The zero-order valence-corrected chi connectivity index (χ0v) is 13.2. The van der Waals surface area contributed by atoms with Crippen molar-refractivity contribution in [1.82, 2.24) is 10.2 Å². The molecule has 2 amide bonds. The highest BCUT2D eigenvalue weighted by atomic mass is 16.3. The lowest BCUT2D eigenvalue weighted by Crippen LogP contribution is -2.48. The van der Waals surface area contributed by atoms with Gasteiger partial charge in [-0.05, 0) is 25.2 Å². The standard InChI is InChI=1S/C16H28N2O3/c1-11(2)8-12(10-19)17-14-9-15(20)18(16(14)21)13-6-4-3-5-7-13/h11-14,17,19H,3-10H2,1-2H3. The highest BCUT2D eigenvalue weighted by molar-refractivity contribution is 6.05. The second kappa shape index (κ2) is 7.36. The van der Waals surface area contributed by atoms with Crippen molar-refractivity contribution in [2.45, 2.75) is 76.9 Å². The van der Waals surface area contributed by atoms with Gasteiger partial charge in [0.2, 0.25) is 11.8 Å². The summed E-state index contributed by atoms with van der Waals surface area (Å²) in [7, 11) is 0. The highest BCUT2D eigenvalue weighted by Crippen LogP contribution is 2.27. The molecule has 2 rings (SSSR count). The summed E-state index contributed by atoms with van der Waals surface area (Å²) in [6.45, 7) is 4.17. The quantitative estimate of drug-likeness (QED) is 0.728. The van der Waals surface area contributed by atoms with E-state index in [4.69, 9.17) is 0 Å². The van der Waals surface area contributed by atoms with E-state index in [1.54, 1.807) is 0 Å². The molecule has 1 aliphatic heterocycles. The Hall–Kier alpha value is -0.940. The smallest absolute Gasteiger partial charge is 0.247 e. The first-order valence-electron chi connectivity index (χ1n) is 8.25. The van der Waals surface area contributed by atoms with E-state index in [-0.39, 0.29) is 36.9 Å². The molecule has 0 radical (unpaired) electrons. The molecule has 2 aliphatic rings. The topological polar surface area (TPSA) is 69.6 Å². The Labute approximate surface area is 127 Å². The average Bonchev–Trinajstić information content (AvgIpc) is 2.73. The van der Waals surface area contributed by atoms with Gasteiger partial charge in [0.1, 0.15) is 0 Å². The third-order valence-corrected chi connectivity index (χ3v) is 4.54. The van der Waals surface area contributed by atoms with E-state index in [2.05, 4.69) is 19.2 Å². The van der Waals surface area contributed by atoms with E-state index in [0.717, 1.165) is 32.1 Å². The molecule has 2 N–H and O–H groups in total. The van der Waals surface area contributed by atoms with Gasteiger partial charge in [-0.1, -0.05) is 33.1 Å². The first kappa shape index (κ1) is 16.4. The molecule has 0 spiro atoms. The van der Waals surface area contributed by atoms with Crippen LogP contribution in [0.4, 0.5) is 0 Å². The van der Waals surface area contributed by atoms with Crippen LogP contribution in [0.5, 0.6) is 0 Å². The van der Waals surface area contributed by atoms with E-state index >= 15 is 0 Å². The normalized spacial score (nSPS) is 25.9. The van der Waals surface area contributed by atoms with Gasteiger partial charge in [-0.15, -0.1) is 0 Å². The number of rotatable bonds is 6. The fourth-order valence-electron chi connectivity index (χ4n) is 3.55. The second-order valence-electron chi connectivity index (χ2n) is 6.83. The molecule has 21 heavy (non-hydrogen) atoms. The summed E-state index contributed by atoms with van der Waals surface area (Å²) < 4.78 is 0. The fraction of sp³-hybridized carbons (Fsp3) is 0.875. The van der Waals surface area contributed by atoms with Crippen molar-refractivity contribution in [2.24, 2.45) is 5.92 Å². The predicted octanol–water partition coefficient (Wildman–Crippen LogP) is 1.44. The number of nitrogens with one attached hydrogen (secondary N) is 1. The van der Waals surface area contributed by atoms with Crippen LogP contribution in [0.15, 0.2) is 0 Å². The summed E-state index contributed by atoms with van der Waals surface area (Å²) in [5, 5.41) is 12.6. The van der Waals surface area contributed by atoms with Crippen molar-refractivity contribution < 1.29 is 14.7 Å². The van der Waals surface area contributed by atoms with Crippen molar-refractivity contribution in [2.75, 3.05) is 6.61 Å². The van der Waals surface area contributed by atoms with Gasteiger partial charge < -0.3 is 10.4 Å². The lowest BCUT2D eigenvalue weighted by Gasteiger charge is -2.30. The minimum absolute atomic E-state index is 0.000418. The summed E-state index contributed by atoms with van der Waals surface area (Å²) in [6.07, 6.45) is 6.34. The van der Waals surface area contributed by atoms with Crippen LogP contribution in [0.2, 0.25) is 0 Å². The number of carbonyl (C=O) groups is 2. The number of carbonyl (C=O) groups excluding carboxylic acids is 2. The zero-order chi connectivity index (χ0) is 15.4. The van der Waals surface area contributed by atoms with Crippen molar-refractivity contribution in [3.8, 4) is 0 Å². The maximum atomic E-state index is 12.5. The number of imide groups is 1. The minimum Gasteiger partial charge on any atom is -0.395 e. The third kappa shape index (κ3) is 4.04. The molecule has 0 bridgehead atoms. The van der Waals surface area contributed by atoms with Gasteiger partial charge in [0.25, 0.3) is 0 Å². The predicted molar refractivity (Wildman–Crippen MR) is 80.6 cm³/mol. The summed E-state index contributed by atoms with van der Waals surface area (Å²) in [5.41, 5.74) is 0. The van der Waals surface area contributed by atoms with Gasteiger partial charge in [0, 0.05) is 12.1 Å². The fourth-order valence-corrected chi connectivity index (χ4v) is 3.55. The maximum absolute atomic E-state index is 12.5. The van der Waals surface area contributed by atoms with Gasteiger partial charge in [0.05, 0.1) is 19.1 Å². The first-order valence-corrected chi connectivity index (χ1v) is 8.25. The van der Waals surface area contributed by atoms with Crippen LogP contribution >= 0.6 is 0 Å². The molecule has 5 heteroatoms. The van der Waals surface area contributed by atoms with Crippen molar-refractivity contribution >= 4 is 11.8 Å². The molecule has 1 saturated heterocycles. The van der Waals surface area contributed by atoms with E-state index in [1.165, 1.54) is 11.3 Å². The SMILES string of the molecule is CC(C)CC(CO)NC1CC(=O)N(C2CCCCC2)C1=O. The summed E-state index contributed by atoms with van der Waals surface area (Å²) >= 11 is 0. The van der Waals surface area contributed by atoms with E-state index < -0.39 is 6.04 Å². The van der Waals surface area contributed by atoms with Crippen LogP contribution in [0.1, 0.15) is 58.8 Å². The Kier molecular flexibility index (Phi) is 5.76. The summed E-state index contributed by atoms with van der Waals surface area (Å²) in [4.78, 5) is 26.2. The Morgan fingerprint density at radius 3 is 2.48 bits per heavy atom. The van der Waals surface area contributed by atoms with Gasteiger partial charge >= 0.3 is 0 Å². The van der Waals surface area contributed by atoms with Crippen molar-refractivity contribution in [1.29, 1.82) is 0 Å². The molecular formula is C16H28N2O3. The van der Waals surface area contributed by atoms with E-state index in [1.807, 2.05) is 0 Å². The second-order valence-corrected chi connectivity index (χ2v) is 6.83. The lowest BCUT2D eigenvalue weighted by molar-refractivity contribution is -0.142. The molecule has 2 fully saturated rings. The average molecular weight is 296 g/mol. The summed E-state index contributed by atoms with van der Waals surface area (Å²) in [5.74, 6) is 0.302. The molecule has 2 unspecified atom stereocenters. The number of likely N-dealkylation sites (tertiary alicyclic amines) is 1. The molecule has 0 aromatic carbocycles. The number of nitrogens with zero attached hydrogens (tertiary/aromatic N) is 1. The van der Waals surface area contributed by atoms with Crippen LogP contribution in [0, 0.1) is 5.92 Å². The number of aliphatic hydroxyl groups is 1. The molecule has 1 heterocycles. The molecular weight excluding hydrogens is 268 g/mol. The summed E-state index contributed by atoms with van der Waals surface area (Å²) in [6, 6.07) is -0.461. The molecule has 0 aromatic rings. The van der Waals surface area contributed by atoms with Crippen LogP contribution in [-0.4, -0.2) is 46.6 Å². The van der Waals surface area contributed by atoms with E-state index in [9.17, 15) is 14.7 Å². The molecule has 1 aliphatic carbocycles. The largest absolute Gasteiger partial charge is 0.395 e. The molecule has 5 nitrogen and oxygen atoms in total. The van der Waals surface area contributed by atoms with Gasteiger partial charge in [-0.25, -0.2) is 0 Å². The van der Waals surface area contributed by atoms with Gasteiger partial charge in [-0.2, -0.15) is 0 Å². The highest BCUT2D eigenvalue weighted by Gasteiger charge is 2.42. The minimum atomic E-state index is -0.449. The molecule has 2 atom stereocenters. The van der Waals surface area contributed by atoms with Crippen molar-refractivity contribution in [3.05, 3.63) is 0 Å². The molecule has 120 valence electrons. The van der Waals surface area contributed by atoms with E-state index in [0.29, 0.717) is 5.92 Å². The van der Waals surface area contributed by atoms with Crippen molar-refractivity contribution in [3.63, 3.8) is 0 Å². The Balaban J connectivity index is 1.96. The lowest BCUT2D eigenvalue weighted by atomic mass is 9.94. The number of hydrogen-bond acceptors (Lipinski definition) is 4. The van der Waals surface area contributed by atoms with Crippen LogP contribution in [-0.2, 0) is 9.59 Å². The first-order chi connectivity index (χ1) is 10.0. The maximum Gasteiger partial charge on any atom is 0.247 e. The van der Waals surface area contributed by atoms with Gasteiger partial charge in [-0.3, -0.25) is 14.5 Å². The third-order valence-electron chi connectivity index (χ3n) is 4.54. The molecule has 1 saturated carbocycles. The number of aliphatic hydroxyl groups excluding tert-OH is 1. The van der Waals surface area contributed by atoms with Crippen LogP contribution in [0.3, 0.4) is 0 Å². The Morgan fingerprint density at radius 1 is 1.24 bits per heavy atom. The Morgan fingerprint density at radius 2 is 1.90 bits per heavy atom. The molecule has 0 aromatic heterocycles. The number of amides is 2. The zero-order valence-electron chi connectivity index (χ0n) is 13.2. The monoisotopic (exact) mass is 296 g/mol. The van der Waals surface area contributed by atoms with Crippen LogP contribution < -0.4 is 5.32 Å².